The topological polar surface area (TPSA) is 98.7 Å². The van der Waals surface area contributed by atoms with Gasteiger partial charge in [0.05, 0.1) is 5.56 Å². The van der Waals surface area contributed by atoms with Crippen molar-refractivity contribution in [2.75, 3.05) is 5.32 Å². The minimum atomic E-state index is -0.295. The van der Waals surface area contributed by atoms with E-state index in [2.05, 4.69) is 31.5 Å². The maximum Gasteiger partial charge on any atom is 0.275 e. The Morgan fingerprint density at radius 2 is 1.90 bits per heavy atom. The molecule has 0 saturated heterocycles. The fourth-order valence-electron chi connectivity index (χ4n) is 3.15. The molecule has 1 aromatic carbocycles. The Labute approximate surface area is 174 Å². The van der Waals surface area contributed by atoms with Crippen molar-refractivity contribution in [3.05, 3.63) is 71.7 Å². The molecule has 0 spiro atoms. The van der Waals surface area contributed by atoms with E-state index in [4.69, 9.17) is 4.52 Å². The number of hydrogen-bond donors (Lipinski definition) is 1. The van der Waals surface area contributed by atoms with Crippen molar-refractivity contribution in [2.24, 2.45) is 0 Å². The van der Waals surface area contributed by atoms with Crippen molar-refractivity contribution in [1.29, 1.82) is 0 Å². The van der Waals surface area contributed by atoms with Crippen LogP contribution in [0.15, 0.2) is 53.6 Å². The van der Waals surface area contributed by atoms with Crippen molar-refractivity contribution < 1.29 is 9.32 Å². The van der Waals surface area contributed by atoms with E-state index >= 15 is 0 Å². The van der Waals surface area contributed by atoms with Crippen LogP contribution in [0.4, 0.5) is 5.69 Å². The van der Waals surface area contributed by atoms with Gasteiger partial charge >= 0.3 is 0 Å². The molecule has 0 radical (unpaired) electrons. The number of nitrogens with zero attached hydrogens (tertiary/aromatic N) is 5. The van der Waals surface area contributed by atoms with Crippen LogP contribution >= 0.6 is 0 Å². The van der Waals surface area contributed by atoms with Gasteiger partial charge in [-0.25, -0.2) is 9.97 Å². The highest BCUT2D eigenvalue weighted by Crippen LogP contribution is 2.25. The highest BCUT2D eigenvalue weighted by atomic mass is 16.5. The lowest BCUT2D eigenvalue weighted by Crippen LogP contribution is -2.12. The van der Waals surface area contributed by atoms with E-state index < -0.39 is 0 Å². The molecule has 3 heterocycles. The normalized spacial score (nSPS) is 11.1. The van der Waals surface area contributed by atoms with Gasteiger partial charge in [-0.15, -0.1) is 0 Å². The standard InChI is InChI=1S/C22H22N6O2/c1-13(2)19-26-22(30-27-19)17-6-5-7-23-20(17)28-11-18(24-12-28)21(29)25-16-9-14(3)8-15(4)10-16/h5-13H,1-4H3,(H,25,29). The molecule has 1 amide bonds. The monoisotopic (exact) mass is 402 g/mol. The zero-order valence-corrected chi connectivity index (χ0v) is 17.2. The Kier molecular flexibility index (Phi) is 5.14. The predicted octanol–water partition coefficient (Wildman–Crippen LogP) is 4.31. The number of carbonyl (C=O) groups is 1. The van der Waals surface area contributed by atoms with E-state index in [0.29, 0.717) is 23.1 Å². The molecule has 30 heavy (non-hydrogen) atoms. The molecule has 4 aromatic rings. The van der Waals surface area contributed by atoms with Gasteiger partial charge in [-0.05, 0) is 49.2 Å². The average Bonchev–Trinajstić information content (AvgIpc) is 3.37. The number of imidazole rings is 1. The summed E-state index contributed by atoms with van der Waals surface area (Å²) in [6.45, 7) is 7.97. The number of rotatable bonds is 5. The molecular formula is C22H22N6O2. The number of aromatic nitrogens is 5. The first-order chi connectivity index (χ1) is 14.4. The van der Waals surface area contributed by atoms with Crippen LogP contribution in [0.25, 0.3) is 17.3 Å². The lowest BCUT2D eigenvalue weighted by atomic mass is 10.1. The number of pyridine rings is 1. The third-order valence-corrected chi connectivity index (χ3v) is 4.51. The maximum atomic E-state index is 12.7. The molecule has 152 valence electrons. The summed E-state index contributed by atoms with van der Waals surface area (Å²) in [5.41, 5.74) is 3.83. The molecule has 0 fully saturated rings. The lowest BCUT2D eigenvalue weighted by molar-refractivity contribution is 0.102. The van der Waals surface area contributed by atoms with Crippen LogP contribution in [0.5, 0.6) is 0 Å². The number of benzene rings is 1. The average molecular weight is 402 g/mol. The van der Waals surface area contributed by atoms with E-state index in [1.165, 1.54) is 0 Å². The summed E-state index contributed by atoms with van der Waals surface area (Å²) in [6, 6.07) is 9.52. The van der Waals surface area contributed by atoms with Crippen LogP contribution in [0.3, 0.4) is 0 Å². The smallest absolute Gasteiger partial charge is 0.275 e. The SMILES string of the molecule is Cc1cc(C)cc(NC(=O)c2cn(-c3ncccc3-c3nc(C(C)C)no3)cn2)c1. The van der Waals surface area contributed by atoms with Gasteiger partial charge in [0.1, 0.15) is 12.0 Å². The first-order valence-corrected chi connectivity index (χ1v) is 9.63. The molecule has 0 saturated carbocycles. The van der Waals surface area contributed by atoms with E-state index in [1.807, 2.05) is 45.9 Å². The number of nitrogens with one attached hydrogen (secondary N) is 1. The van der Waals surface area contributed by atoms with E-state index in [1.54, 1.807) is 29.4 Å². The molecule has 8 heteroatoms. The highest BCUT2D eigenvalue weighted by Gasteiger charge is 2.18. The van der Waals surface area contributed by atoms with Gasteiger partial charge < -0.3 is 9.84 Å². The Morgan fingerprint density at radius 3 is 2.60 bits per heavy atom. The van der Waals surface area contributed by atoms with Gasteiger partial charge in [-0.2, -0.15) is 4.98 Å². The number of carbonyl (C=O) groups excluding carboxylic acids is 1. The fourth-order valence-corrected chi connectivity index (χ4v) is 3.15. The summed E-state index contributed by atoms with van der Waals surface area (Å²) in [5.74, 6) is 1.40. The largest absolute Gasteiger partial charge is 0.334 e. The summed E-state index contributed by atoms with van der Waals surface area (Å²) in [6.07, 6.45) is 4.83. The summed E-state index contributed by atoms with van der Waals surface area (Å²) in [5, 5.41) is 6.91. The molecular weight excluding hydrogens is 380 g/mol. The zero-order chi connectivity index (χ0) is 21.3. The second kappa shape index (κ2) is 7.90. The Bertz CT molecular complexity index is 1190. The first-order valence-electron chi connectivity index (χ1n) is 9.63. The van der Waals surface area contributed by atoms with Gasteiger partial charge in [0.25, 0.3) is 11.8 Å². The fraction of sp³-hybridized carbons (Fsp3) is 0.227. The number of amides is 1. The van der Waals surface area contributed by atoms with Gasteiger partial charge in [-0.1, -0.05) is 25.1 Å². The van der Waals surface area contributed by atoms with Crippen molar-refractivity contribution in [3.8, 4) is 17.3 Å². The van der Waals surface area contributed by atoms with E-state index in [0.717, 1.165) is 16.8 Å². The van der Waals surface area contributed by atoms with Crippen LogP contribution in [0, 0.1) is 13.8 Å². The summed E-state index contributed by atoms with van der Waals surface area (Å²) in [4.78, 5) is 25.8. The minimum absolute atomic E-state index is 0.149. The van der Waals surface area contributed by atoms with E-state index in [9.17, 15) is 4.79 Å². The van der Waals surface area contributed by atoms with Crippen molar-refractivity contribution >= 4 is 11.6 Å². The minimum Gasteiger partial charge on any atom is -0.334 e. The molecule has 0 atom stereocenters. The molecule has 0 aliphatic heterocycles. The Morgan fingerprint density at radius 1 is 1.13 bits per heavy atom. The van der Waals surface area contributed by atoms with E-state index in [-0.39, 0.29) is 17.5 Å². The molecule has 0 aliphatic rings. The molecule has 0 bridgehead atoms. The van der Waals surface area contributed by atoms with Gasteiger partial charge in [0, 0.05) is 24.0 Å². The van der Waals surface area contributed by atoms with Crippen LogP contribution in [0.1, 0.15) is 47.2 Å². The number of aryl methyl sites for hydroxylation is 2. The quantitative estimate of drug-likeness (QED) is 0.534. The second-order valence-corrected chi connectivity index (χ2v) is 7.48. The lowest BCUT2D eigenvalue weighted by Gasteiger charge is -2.06. The number of anilines is 1. The highest BCUT2D eigenvalue weighted by molar-refractivity contribution is 6.02. The number of hydrogen-bond acceptors (Lipinski definition) is 6. The van der Waals surface area contributed by atoms with Gasteiger partial charge in [-0.3, -0.25) is 9.36 Å². The first kappa shape index (κ1) is 19.5. The molecule has 0 unspecified atom stereocenters. The zero-order valence-electron chi connectivity index (χ0n) is 17.2. The Hall–Kier alpha value is -3.81. The molecule has 3 aromatic heterocycles. The van der Waals surface area contributed by atoms with Crippen molar-refractivity contribution in [3.63, 3.8) is 0 Å². The molecule has 8 nitrogen and oxygen atoms in total. The van der Waals surface area contributed by atoms with Crippen LogP contribution in [0.2, 0.25) is 0 Å². The van der Waals surface area contributed by atoms with Crippen LogP contribution < -0.4 is 5.32 Å². The van der Waals surface area contributed by atoms with Crippen molar-refractivity contribution in [1.82, 2.24) is 24.7 Å². The van der Waals surface area contributed by atoms with Crippen LogP contribution in [-0.2, 0) is 0 Å². The summed E-state index contributed by atoms with van der Waals surface area (Å²) >= 11 is 0. The molecule has 4 rings (SSSR count). The second-order valence-electron chi connectivity index (χ2n) is 7.48. The Balaban J connectivity index is 1.62. The van der Waals surface area contributed by atoms with Crippen molar-refractivity contribution in [2.45, 2.75) is 33.6 Å². The van der Waals surface area contributed by atoms with Gasteiger partial charge in [0.15, 0.2) is 11.6 Å². The summed E-state index contributed by atoms with van der Waals surface area (Å²) < 4.78 is 7.09. The summed E-state index contributed by atoms with van der Waals surface area (Å²) in [7, 11) is 0. The van der Waals surface area contributed by atoms with Crippen LogP contribution in [-0.4, -0.2) is 30.6 Å². The third-order valence-electron chi connectivity index (χ3n) is 4.51. The third kappa shape index (κ3) is 3.98. The maximum absolute atomic E-state index is 12.7. The molecule has 0 aliphatic carbocycles. The predicted molar refractivity (Wildman–Crippen MR) is 113 cm³/mol. The van der Waals surface area contributed by atoms with Gasteiger partial charge in [0.2, 0.25) is 0 Å². The molecule has 1 N–H and O–H groups in total.